The van der Waals surface area contributed by atoms with E-state index in [-0.39, 0.29) is 24.3 Å². The summed E-state index contributed by atoms with van der Waals surface area (Å²) in [6, 6.07) is 16.4. The summed E-state index contributed by atoms with van der Waals surface area (Å²) >= 11 is 0. The van der Waals surface area contributed by atoms with Crippen LogP contribution in [0.4, 0.5) is 0 Å². The van der Waals surface area contributed by atoms with Crippen LogP contribution in [0.2, 0.25) is 0 Å². The Morgan fingerprint density at radius 1 is 0.971 bits per heavy atom. The third-order valence-electron chi connectivity index (χ3n) is 5.52. The molecule has 10 heteroatoms. The summed E-state index contributed by atoms with van der Waals surface area (Å²) in [6.45, 7) is 0.368. The number of hydrogen-bond donors (Lipinski definition) is 0. The quantitative estimate of drug-likeness (QED) is 0.320. The lowest BCUT2D eigenvalue weighted by molar-refractivity contribution is -0.145. The third-order valence-corrected chi connectivity index (χ3v) is 5.52. The van der Waals surface area contributed by atoms with E-state index in [1.807, 2.05) is 30.3 Å². The summed E-state index contributed by atoms with van der Waals surface area (Å²) in [5.74, 6) is -0.0751. The van der Waals surface area contributed by atoms with E-state index in [4.69, 9.17) is 14.2 Å². The van der Waals surface area contributed by atoms with Gasteiger partial charge in [0.2, 0.25) is 0 Å². The van der Waals surface area contributed by atoms with Crippen molar-refractivity contribution in [2.75, 3.05) is 20.8 Å². The van der Waals surface area contributed by atoms with Crippen molar-refractivity contribution >= 4 is 17.1 Å². The molecule has 10 nitrogen and oxygen atoms in total. The minimum absolute atomic E-state index is 0.0169. The maximum atomic E-state index is 13.4. The molecule has 0 bridgehead atoms. The molecule has 0 saturated heterocycles. The highest BCUT2D eigenvalue weighted by Crippen LogP contribution is 2.14. The Hall–Kier alpha value is -4.18. The molecule has 35 heavy (non-hydrogen) atoms. The van der Waals surface area contributed by atoms with E-state index < -0.39 is 23.8 Å². The van der Waals surface area contributed by atoms with Crippen molar-refractivity contribution in [1.29, 1.82) is 0 Å². The highest BCUT2D eigenvalue weighted by atomic mass is 16.5. The molecule has 4 rings (SSSR count). The Morgan fingerprint density at radius 2 is 1.74 bits per heavy atom. The summed E-state index contributed by atoms with van der Waals surface area (Å²) in [4.78, 5) is 43.6. The zero-order chi connectivity index (χ0) is 24.8. The largest absolute Gasteiger partial charge is 0.497 e. The van der Waals surface area contributed by atoms with Gasteiger partial charge < -0.3 is 18.8 Å². The van der Waals surface area contributed by atoms with Crippen LogP contribution in [0.3, 0.4) is 0 Å². The SMILES string of the molecule is COCCn1cnc2c1c(=O)n(CC(=O)OCc1cccc(OC)c1)c(=O)n2Cc1ccccc1. The Labute approximate surface area is 200 Å². The normalized spacial score (nSPS) is 11.0. The number of esters is 1. The van der Waals surface area contributed by atoms with Gasteiger partial charge in [-0.25, -0.2) is 14.3 Å². The monoisotopic (exact) mass is 478 g/mol. The number of hydrogen-bond acceptors (Lipinski definition) is 7. The standard InChI is InChI=1S/C25H26N4O6/c1-33-12-11-27-17-26-23-22(27)24(31)29(25(32)28(23)14-18-7-4-3-5-8-18)15-21(30)35-16-19-9-6-10-20(13-19)34-2/h3-10,13,17H,11-12,14-16H2,1-2H3. The first-order valence-electron chi connectivity index (χ1n) is 11.0. The van der Waals surface area contributed by atoms with Crippen molar-refractivity contribution in [3.63, 3.8) is 0 Å². The fourth-order valence-corrected chi connectivity index (χ4v) is 3.75. The Kier molecular flexibility index (Phi) is 7.41. The van der Waals surface area contributed by atoms with Crippen LogP contribution < -0.4 is 16.0 Å². The second kappa shape index (κ2) is 10.8. The summed E-state index contributed by atoms with van der Waals surface area (Å²) in [5, 5.41) is 0. The molecule has 0 fully saturated rings. The molecular weight excluding hydrogens is 452 g/mol. The molecule has 0 aliphatic rings. The molecule has 2 heterocycles. The number of rotatable bonds is 10. The van der Waals surface area contributed by atoms with Crippen LogP contribution in [0.25, 0.3) is 11.2 Å². The van der Waals surface area contributed by atoms with Crippen LogP contribution in [0, 0.1) is 0 Å². The molecule has 0 radical (unpaired) electrons. The van der Waals surface area contributed by atoms with Gasteiger partial charge in [0.1, 0.15) is 18.9 Å². The highest BCUT2D eigenvalue weighted by Gasteiger charge is 2.20. The predicted molar refractivity (Wildman–Crippen MR) is 128 cm³/mol. The number of imidazole rings is 1. The molecule has 2 aromatic carbocycles. The number of nitrogens with zero attached hydrogens (tertiary/aromatic N) is 4. The second-order valence-corrected chi connectivity index (χ2v) is 7.86. The van der Waals surface area contributed by atoms with E-state index in [0.29, 0.717) is 18.9 Å². The van der Waals surface area contributed by atoms with Gasteiger partial charge in [-0.3, -0.25) is 14.2 Å². The van der Waals surface area contributed by atoms with Crippen molar-refractivity contribution in [2.45, 2.75) is 26.2 Å². The average molecular weight is 479 g/mol. The molecule has 2 aromatic heterocycles. The molecular formula is C25H26N4O6. The lowest BCUT2D eigenvalue weighted by Crippen LogP contribution is -2.42. The van der Waals surface area contributed by atoms with E-state index in [9.17, 15) is 14.4 Å². The van der Waals surface area contributed by atoms with Crippen molar-refractivity contribution in [3.8, 4) is 5.75 Å². The van der Waals surface area contributed by atoms with Gasteiger partial charge >= 0.3 is 11.7 Å². The summed E-state index contributed by atoms with van der Waals surface area (Å²) in [7, 11) is 3.10. The first-order valence-corrected chi connectivity index (χ1v) is 11.0. The van der Waals surface area contributed by atoms with E-state index in [2.05, 4.69) is 4.98 Å². The summed E-state index contributed by atoms with van der Waals surface area (Å²) in [6.07, 6.45) is 1.50. The van der Waals surface area contributed by atoms with Gasteiger partial charge in [0.15, 0.2) is 11.2 Å². The van der Waals surface area contributed by atoms with Crippen LogP contribution in [0.5, 0.6) is 5.75 Å². The van der Waals surface area contributed by atoms with Gasteiger partial charge in [-0.05, 0) is 23.3 Å². The first-order chi connectivity index (χ1) is 17.0. The summed E-state index contributed by atoms with van der Waals surface area (Å²) < 4.78 is 19.6. The van der Waals surface area contributed by atoms with Crippen molar-refractivity contribution in [1.82, 2.24) is 18.7 Å². The van der Waals surface area contributed by atoms with Crippen LogP contribution in [-0.4, -0.2) is 45.5 Å². The molecule has 0 aliphatic heterocycles. The van der Waals surface area contributed by atoms with Crippen LogP contribution >= 0.6 is 0 Å². The Balaban J connectivity index is 1.68. The van der Waals surface area contributed by atoms with Gasteiger partial charge in [0.25, 0.3) is 5.56 Å². The van der Waals surface area contributed by atoms with Gasteiger partial charge in [0, 0.05) is 13.7 Å². The van der Waals surface area contributed by atoms with Gasteiger partial charge in [-0.15, -0.1) is 0 Å². The zero-order valence-electron chi connectivity index (χ0n) is 19.5. The highest BCUT2D eigenvalue weighted by molar-refractivity contribution is 5.72. The number of methoxy groups -OCH3 is 2. The number of carbonyl (C=O) groups is 1. The summed E-state index contributed by atoms with van der Waals surface area (Å²) in [5.41, 5.74) is 0.801. The lowest BCUT2D eigenvalue weighted by Gasteiger charge is -2.13. The average Bonchev–Trinajstić information content (AvgIpc) is 3.31. The molecule has 0 saturated carbocycles. The second-order valence-electron chi connectivity index (χ2n) is 7.86. The molecule has 0 N–H and O–H groups in total. The number of carbonyl (C=O) groups excluding carboxylic acids is 1. The number of aromatic nitrogens is 4. The Bertz CT molecular complexity index is 1440. The van der Waals surface area contributed by atoms with Gasteiger partial charge in [-0.1, -0.05) is 42.5 Å². The zero-order valence-corrected chi connectivity index (χ0v) is 19.5. The van der Waals surface area contributed by atoms with E-state index >= 15 is 0 Å². The fraction of sp³-hybridized carbons (Fsp3) is 0.280. The number of ether oxygens (including phenoxy) is 3. The van der Waals surface area contributed by atoms with E-state index in [1.165, 1.54) is 10.9 Å². The van der Waals surface area contributed by atoms with Gasteiger partial charge in [-0.2, -0.15) is 0 Å². The molecule has 182 valence electrons. The van der Waals surface area contributed by atoms with Crippen molar-refractivity contribution in [2.24, 2.45) is 0 Å². The minimum Gasteiger partial charge on any atom is -0.497 e. The Morgan fingerprint density at radius 3 is 2.49 bits per heavy atom. The molecule has 0 spiro atoms. The van der Waals surface area contributed by atoms with Crippen molar-refractivity contribution in [3.05, 3.63) is 92.9 Å². The van der Waals surface area contributed by atoms with Crippen molar-refractivity contribution < 1.29 is 19.0 Å². The molecule has 0 amide bonds. The smallest absolute Gasteiger partial charge is 0.333 e. The van der Waals surface area contributed by atoms with Crippen LogP contribution in [0.1, 0.15) is 11.1 Å². The van der Waals surface area contributed by atoms with Crippen LogP contribution in [0.15, 0.2) is 70.5 Å². The number of benzene rings is 2. The fourth-order valence-electron chi connectivity index (χ4n) is 3.75. The maximum Gasteiger partial charge on any atom is 0.333 e. The molecule has 0 aliphatic carbocycles. The number of fused-ring (bicyclic) bond motifs is 1. The molecule has 4 aromatic rings. The molecule has 0 unspecified atom stereocenters. The molecule has 0 atom stereocenters. The van der Waals surface area contributed by atoms with E-state index in [0.717, 1.165) is 15.7 Å². The predicted octanol–water partition coefficient (Wildman–Crippen LogP) is 1.81. The minimum atomic E-state index is -0.708. The lowest BCUT2D eigenvalue weighted by atomic mass is 10.2. The maximum absolute atomic E-state index is 13.4. The third kappa shape index (κ3) is 5.33. The first kappa shape index (κ1) is 24.0. The van der Waals surface area contributed by atoms with Gasteiger partial charge in [0.05, 0.1) is 26.6 Å². The van der Waals surface area contributed by atoms with E-state index in [1.54, 1.807) is 43.1 Å². The van der Waals surface area contributed by atoms with Crippen LogP contribution in [-0.2, 0) is 40.5 Å². The topological polar surface area (TPSA) is 107 Å².